The van der Waals surface area contributed by atoms with Crippen LogP contribution in [0.25, 0.3) is 11.4 Å². The molecular weight excluding hydrogens is 339 g/mol. The lowest BCUT2D eigenvalue weighted by Crippen LogP contribution is -2.15. The Morgan fingerprint density at radius 2 is 2.14 bits per heavy atom. The lowest BCUT2D eigenvalue weighted by atomic mass is 10.1. The second kappa shape index (κ2) is 6.39. The highest BCUT2D eigenvalue weighted by Crippen LogP contribution is 2.25. The Hall–Kier alpha value is -1.69. The minimum absolute atomic E-state index is 0.114. The van der Waals surface area contributed by atoms with E-state index in [-0.39, 0.29) is 11.3 Å². The fourth-order valence-electron chi connectivity index (χ4n) is 1.97. The van der Waals surface area contributed by atoms with Crippen LogP contribution in [0, 0.1) is 11.7 Å². The average molecular weight is 355 g/mol. The van der Waals surface area contributed by atoms with Gasteiger partial charge in [-0.1, -0.05) is 13.8 Å². The van der Waals surface area contributed by atoms with Crippen molar-refractivity contribution < 1.29 is 9.13 Å². The largest absolute Gasteiger partial charge is 0.494 e. The summed E-state index contributed by atoms with van der Waals surface area (Å²) in [6.07, 6.45) is 0.676. The van der Waals surface area contributed by atoms with E-state index in [1.165, 1.54) is 19.2 Å². The smallest absolute Gasteiger partial charge is 0.265 e. The number of hydrogen-bond donors (Lipinski definition) is 1. The first-order chi connectivity index (χ1) is 9.92. The van der Waals surface area contributed by atoms with E-state index in [9.17, 15) is 9.18 Å². The molecule has 1 heterocycles. The summed E-state index contributed by atoms with van der Waals surface area (Å²) >= 11 is 3.26. The lowest BCUT2D eigenvalue weighted by molar-refractivity contribution is 0.386. The number of ether oxygens (including phenoxy) is 1. The first-order valence-electron chi connectivity index (χ1n) is 6.55. The van der Waals surface area contributed by atoms with Gasteiger partial charge in [0.25, 0.3) is 5.56 Å². The summed E-state index contributed by atoms with van der Waals surface area (Å²) in [5, 5.41) is 0. The molecule has 2 aromatic rings. The number of aromatic amines is 1. The molecule has 0 fully saturated rings. The first kappa shape index (κ1) is 15.7. The van der Waals surface area contributed by atoms with E-state index < -0.39 is 5.82 Å². The predicted molar refractivity (Wildman–Crippen MR) is 83.0 cm³/mol. The van der Waals surface area contributed by atoms with Crippen LogP contribution in [0.1, 0.15) is 19.5 Å². The second-order valence-electron chi connectivity index (χ2n) is 5.12. The van der Waals surface area contributed by atoms with Gasteiger partial charge in [-0.25, -0.2) is 9.37 Å². The van der Waals surface area contributed by atoms with Gasteiger partial charge in [0.05, 0.1) is 12.8 Å². The maximum absolute atomic E-state index is 13.5. The van der Waals surface area contributed by atoms with E-state index in [0.29, 0.717) is 33.9 Å². The summed E-state index contributed by atoms with van der Waals surface area (Å²) in [4.78, 5) is 19.1. The summed E-state index contributed by atoms with van der Waals surface area (Å²) in [7, 11) is 1.39. The highest BCUT2D eigenvalue weighted by molar-refractivity contribution is 9.10. The molecule has 0 aliphatic rings. The molecule has 0 radical (unpaired) electrons. The van der Waals surface area contributed by atoms with Crippen LogP contribution in [-0.2, 0) is 6.42 Å². The zero-order chi connectivity index (χ0) is 15.6. The Morgan fingerprint density at radius 3 is 2.76 bits per heavy atom. The topological polar surface area (TPSA) is 55.0 Å². The molecule has 0 aliphatic carbocycles. The normalized spacial score (nSPS) is 11.0. The molecule has 21 heavy (non-hydrogen) atoms. The molecule has 112 valence electrons. The van der Waals surface area contributed by atoms with E-state index in [1.807, 2.05) is 0 Å². The van der Waals surface area contributed by atoms with E-state index in [2.05, 4.69) is 39.7 Å². The van der Waals surface area contributed by atoms with E-state index in [0.717, 1.165) is 0 Å². The van der Waals surface area contributed by atoms with Crippen LogP contribution in [0.3, 0.4) is 0 Å². The molecule has 0 amide bonds. The van der Waals surface area contributed by atoms with Gasteiger partial charge in [-0.2, -0.15) is 0 Å². The maximum atomic E-state index is 13.5. The molecule has 6 heteroatoms. The molecule has 1 aromatic heterocycles. The monoisotopic (exact) mass is 354 g/mol. The fraction of sp³-hybridized carbons (Fsp3) is 0.333. The molecule has 0 saturated carbocycles. The van der Waals surface area contributed by atoms with Crippen molar-refractivity contribution >= 4 is 15.9 Å². The molecule has 0 atom stereocenters. The number of nitrogens with one attached hydrogen (secondary N) is 1. The van der Waals surface area contributed by atoms with Gasteiger partial charge in [-0.3, -0.25) is 4.79 Å². The Labute approximate surface area is 130 Å². The molecule has 0 aliphatic heterocycles. The van der Waals surface area contributed by atoms with E-state index in [4.69, 9.17) is 4.74 Å². The average Bonchev–Trinajstić information content (AvgIpc) is 2.43. The number of methoxy groups -OCH3 is 1. The van der Waals surface area contributed by atoms with Gasteiger partial charge in [0.15, 0.2) is 11.6 Å². The number of halogens is 2. The maximum Gasteiger partial charge on any atom is 0.265 e. The zero-order valence-electron chi connectivity index (χ0n) is 12.0. The summed E-state index contributed by atoms with van der Waals surface area (Å²) in [5.41, 5.74) is 1.04. The number of rotatable bonds is 4. The van der Waals surface area contributed by atoms with Gasteiger partial charge >= 0.3 is 0 Å². The van der Waals surface area contributed by atoms with Crippen LogP contribution in [-0.4, -0.2) is 17.1 Å². The van der Waals surface area contributed by atoms with Crippen molar-refractivity contribution in [2.24, 2.45) is 5.92 Å². The van der Waals surface area contributed by atoms with Gasteiger partial charge in [0.1, 0.15) is 10.3 Å². The van der Waals surface area contributed by atoms with Crippen molar-refractivity contribution in [1.29, 1.82) is 0 Å². The van der Waals surface area contributed by atoms with Gasteiger partial charge in [0, 0.05) is 5.56 Å². The molecule has 4 nitrogen and oxygen atoms in total. The Bertz CT molecular complexity index is 713. The number of aromatic nitrogens is 2. The quantitative estimate of drug-likeness (QED) is 0.913. The standard InChI is InChI=1S/C15H16BrFN2O2/c1-8(2)6-11-13(16)15(20)19-14(18-11)9-4-5-10(17)12(7-9)21-3/h4-5,7-8H,6H2,1-3H3,(H,18,19,20). The fourth-order valence-corrected chi connectivity index (χ4v) is 2.32. The molecule has 0 bridgehead atoms. The Kier molecular flexibility index (Phi) is 4.77. The summed E-state index contributed by atoms with van der Waals surface area (Å²) in [5.74, 6) is 0.426. The van der Waals surface area contributed by atoms with Gasteiger partial charge in [-0.15, -0.1) is 0 Å². The van der Waals surface area contributed by atoms with Crippen LogP contribution in [0.5, 0.6) is 5.75 Å². The second-order valence-corrected chi connectivity index (χ2v) is 5.92. The molecule has 0 unspecified atom stereocenters. The van der Waals surface area contributed by atoms with Crippen molar-refractivity contribution in [3.05, 3.63) is 44.5 Å². The van der Waals surface area contributed by atoms with Crippen molar-refractivity contribution in [1.82, 2.24) is 9.97 Å². The molecule has 2 rings (SSSR count). The van der Waals surface area contributed by atoms with Gasteiger partial charge in [-0.05, 0) is 46.5 Å². The van der Waals surface area contributed by atoms with Crippen LogP contribution < -0.4 is 10.3 Å². The number of H-pyrrole nitrogens is 1. The third-order valence-corrected chi connectivity index (χ3v) is 3.78. The summed E-state index contributed by atoms with van der Waals surface area (Å²) in [6, 6.07) is 4.36. The first-order valence-corrected chi connectivity index (χ1v) is 7.34. The lowest BCUT2D eigenvalue weighted by Gasteiger charge is -2.10. The summed E-state index contributed by atoms with van der Waals surface area (Å²) < 4.78 is 18.8. The Morgan fingerprint density at radius 1 is 1.43 bits per heavy atom. The van der Waals surface area contributed by atoms with Gasteiger partial charge in [0.2, 0.25) is 0 Å². The highest BCUT2D eigenvalue weighted by Gasteiger charge is 2.13. The molecule has 0 saturated heterocycles. The Balaban J connectivity index is 2.54. The zero-order valence-corrected chi connectivity index (χ0v) is 13.6. The third-order valence-electron chi connectivity index (χ3n) is 2.96. The molecule has 1 N–H and O–H groups in total. The minimum atomic E-state index is -0.455. The molecule has 1 aromatic carbocycles. The van der Waals surface area contributed by atoms with Crippen LogP contribution in [0.15, 0.2) is 27.5 Å². The van der Waals surface area contributed by atoms with Crippen LogP contribution in [0.2, 0.25) is 0 Å². The van der Waals surface area contributed by atoms with Crippen molar-refractivity contribution in [2.45, 2.75) is 20.3 Å². The number of hydrogen-bond acceptors (Lipinski definition) is 3. The summed E-state index contributed by atoms with van der Waals surface area (Å²) in [6.45, 7) is 4.10. The minimum Gasteiger partial charge on any atom is -0.494 e. The SMILES string of the molecule is COc1cc(-c2nc(CC(C)C)c(Br)c(=O)[nH]2)ccc1F. The van der Waals surface area contributed by atoms with Crippen LogP contribution in [0.4, 0.5) is 4.39 Å². The van der Waals surface area contributed by atoms with E-state index >= 15 is 0 Å². The third kappa shape index (κ3) is 3.50. The van der Waals surface area contributed by atoms with Crippen molar-refractivity contribution in [3.63, 3.8) is 0 Å². The van der Waals surface area contributed by atoms with Crippen LogP contribution >= 0.6 is 15.9 Å². The predicted octanol–water partition coefficient (Wildman–Crippen LogP) is 3.55. The van der Waals surface area contributed by atoms with E-state index in [1.54, 1.807) is 6.07 Å². The number of benzene rings is 1. The molecular formula is C15H16BrFN2O2. The van der Waals surface area contributed by atoms with Crippen molar-refractivity contribution in [2.75, 3.05) is 7.11 Å². The van der Waals surface area contributed by atoms with Gasteiger partial charge < -0.3 is 9.72 Å². The molecule has 0 spiro atoms. The van der Waals surface area contributed by atoms with Crippen molar-refractivity contribution in [3.8, 4) is 17.1 Å². The highest BCUT2D eigenvalue weighted by atomic mass is 79.9. The number of nitrogens with zero attached hydrogens (tertiary/aromatic N) is 1.